The van der Waals surface area contributed by atoms with Gasteiger partial charge in [-0.25, -0.2) is 13.2 Å². The quantitative estimate of drug-likeness (QED) is 0.746. The van der Waals surface area contributed by atoms with Crippen LogP contribution >= 0.6 is 0 Å². The predicted octanol–water partition coefficient (Wildman–Crippen LogP) is 1.81. The van der Waals surface area contributed by atoms with Crippen LogP contribution in [0.15, 0.2) is 18.2 Å². The minimum absolute atomic E-state index is 0.168. The van der Waals surface area contributed by atoms with E-state index in [0.29, 0.717) is 0 Å². The van der Waals surface area contributed by atoms with Gasteiger partial charge in [0.25, 0.3) is 5.92 Å². The fraction of sp³-hybridized carbons (Fsp3) is 0.455. The molecule has 3 N–H and O–H groups in total. The summed E-state index contributed by atoms with van der Waals surface area (Å²) in [6.45, 7) is -0.496. The molecule has 6 heteroatoms. The summed E-state index contributed by atoms with van der Waals surface area (Å²) >= 11 is 0. The SMILES string of the molecule is CC(NCC(F)(F)CO)c1cc(F)ccc1O. The Hall–Kier alpha value is -1.27. The van der Waals surface area contributed by atoms with E-state index in [4.69, 9.17) is 5.11 Å². The van der Waals surface area contributed by atoms with Crippen molar-refractivity contribution in [2.75, 3.05) is 13.2 Å². The Bertz CT molecular complexity index is 385. The van der Waals surface area contributed by atoms with Crippen LogP contribution in [0.3, 0.4) is 0 Å². The lowest BCUT2D eigenvalue weighted by Gasteiger charge is -2.19. The Labute approximate surface area is 96.9 Å². The summed E-state index contributed by atoms with van der Waals surface area (Å²) in [4.78, 5) is 0. The number of aliphatic hydroxyl groups excluding tert-OH is 1. The van der Waals surface area contributed by atoms with Crippen molar-refractivity contribution in [2.24, 2.45) is 0 Å². The minimum atomic E-state index is -3.24. The molecule has 1 unspecified atom stereocenters. The largest absolute Gasteiger partial charge is 0.508 e. The van der Waals surface area contributed by atoms with Gasteiger partial charge in [0.15, 0.2) is 0 Å². The molecule has 0 aromatic heterocycles. The third kappa shape index (κ3) is 3.90. The third-order valence-electron chi connectivity index (χ3n) is 2.35. The zero-order chi connectivity index (χ0) is 13.1. The molecular formula is C11H14F3NO2. The molecule has 1 aromatic carbocycles. The number of aromatic hydroxyl groups is 1. The Morgan fingerprint density at radius 3 is 2.65 bits per heavy atom. The lowest BCUT2D eigenvalue weighted by molar-refractivity contribution is -0.0491. The smallest absolute Gasteiger partial charge is 0.282 e. The van der Waals surface area contributed by atoms with Crippen molar-refractivity contribution in [1.29, 1.82) is 0 Å². The van der Waals surface area contributed by atoms with Crippen molar-refractivity contribution in [3.63, 3.8) is 0 Å². The highest BCUT2D eigenvalue weighted by Crippen LogP contribution is 2.25. The number of phenols is 1. The van der Waals surface area contributed by atoms with Crippen LogP contribution in [0.1, 0.15) is 18.5 Å². The van der Waals surface area contributed by atoms with Gasteiger partial charge in [0.05, 0.1) is 6.54 Å². The standard InChI is InChI=1S/C11H14F3NO2/c1-7(15-5-11(13,14)6-16)9-4-8(12)2-3-10(9)17/h2-4,7,15-17H,5-6H2,1H3. The number of alkyl halides is 2. The average Bonchev–Trinajstić information content (AvgIpc) is 2.29. The van der Waals surface area contributed by atoms with E-state index >= 15 is 0 Å². The summed E-state index contributed by atoms with van der Waals surface area (Å²) in [6.07, 6.45) is 0. The van der Waals surface area contributed by atoms with E-state index in [1.165, 1.54) is 6.92 Å². The van der Waals surface area contributed by atoms with Crippen LogP contribution in [0.2, 0.25) is 0 Å². The van der Waals surface area contributed by atoms with Gasteiger partial charge in [-0.05, 0) is 25.1 Å². The molecule has 3 nitrogen and oxygen atoms in total. The number of aliphatic hydroxyl groups is 1. The molecule has 0 bridgehead atoms. The first-order chi connectivity index (χ1) is 7.85. The highest BCUT2D eigenvalue weighted by molar-refractivity contribution is 5.34. The first-order valence-electron chi connectivity index (χ1n) is 5.06. The van der Waals surface area contributed by atoms with E-state index < -0.39 is 30.9 Å². The lowest BCUT2D eigenvalue weighted by atomic mass is 10.1. The van der Waals surface area contributed by atoms with Gasteiger partial charge in [-0.15, -0.1) is 0 Å². The zero-order valence-corrected chi connectivity index (χ0v) is 9.25. The molecular weight excluding hydrogens is 235 g/mol. The molecule has 1 rings (SSSR count). The van der Waals surface area contributed by atoms with Crippen LogP contribution < -0.4 is 5.32 Å². The fourth-order valence-electron chi connectivity index (χ4n) is 1.34. The summed E-state index contributed by atoms with van der Waals surface area (Å²) in [6, 6.07) is 2.66. The maximum Gasteiger partial charge on any atom is 0.282 e. The monoisotopic (exact) mass is 249 g/mol. The van der Waals surface area contributed by atoms with E-state index in [1.807, 2.05) is 0 Å². The fourth-order valence-corrected chi connectivity index (χ4v) is 1.34. The molecule has 0 spiro atoms. The maximum absolute atomic E-state index is 12.9. The second-order valence-electron chi connectivity index (χ2n) is 3.82. The first kappa shape index (κ1) is 13.8. The Morgan fingerprint density at radius 2 is 2.06 bits per heavy atom. The van der Waals surface area contributed by atoms with Gasteiger partial charge in [0.2, 0.25) is 0 Å². The lowest BCUT2D eigenvalue weighted by Crippen LogP contribution is -2.37. The van der Waals surface area contributed by atoms with E-state index in [-0.39, 0.29) is 11.3 Å². The Balaban J connectivity index is 2.70. The Kier molecular flexibility index (Phi) is 4.36. The van der Waals surface area contributed by atoms with Gasteiger partial charge in [0, 0.05) is 11.6 Å². The van der Waals surface area contributed by atoms with Crippen molar-refractivity contribution in [1.82, 2.24) is 5.32 Å². The van der Waals surface area contributed by atoms with Gasteiger partial charge >= 0.3 is 0 Å². The van der Waals surface area contributed by atoms with Crippen LogP contribution in [0.25, 0.3) is 0 Å². The molecule has 0 fully saturated rings. The highest BCUT2D eigenvalue weighted by atomic mass is 19.3. The maximum atomic E-state index is 12.9. The van der Waals surface area contributed by atoms with Gasteiger partial charge in [-0.1, -0.05) is 0 Å². The summed E-state index contributed by atoms with van der Waals surface area (Å²) in [7, 11) is 0. The number of halogens is 3. The van der Waals surface area contributed by atoms with E-state index in [0.717, 1.165) is 18.2 Å². The average molecular weight is 249 g/mol. The summed E-state index contributed by atoms with van der Waals surface area (Å²) in [5, 5.41) is 20.2. The molecule has 0 radical (unpaired) electrons. The molecule has 0 aliphatic rings. The first-order valence-corrected chi connectivity index (χ1v) is 5.06. The third-order valence-corrected chi connectivity index (χ3v) is 2.35. The minimum Gasteiger partial charge on any atom is -0.508 e. The second kappa shape index (κ2) is 5.37. The Morgan fingerprint density at radius 1 is 1.41 bits per heavy atom. The van der Waals surface area contributed by atoms with Crippen molar-refractivity contribution in [2.45, 2.75) is 18.9 Å². The number of hydrogen-bond donors (Lipinski definition) is 3. The summed E-state index contributed by atoms with van der Waals surface area (Å²) < 4.78 is 38.4. The number of phenolic OH excluding ortho intramolecular Hbond substituents is 1. The molecule has 0 heterocycles. The second-order valence-corrected chi connectivity index (χ2v) is 3.82. The van der Waals surface area contributed by atoms with Gasteiger partial charge < -0.3 is 15.5 Å². The molecule has 0 aliphatic carbocycles. The van der Waals surface area contributed by atoms with Crippen LogP contribution in [0, 0.1) is 5.82 Å². The number of hydrogen-bond acceptors (Lipinski definition) is 3. The molecule has 0 saturated heterocycles. The van der Waals surface area contributed by atoms with Gasteiger partial charge in [-0.3, -0.25) is 0 Å². The molecule has 17 heavy (non-hydrogen) atoms. The summed E-state index contributed by atoms with van der Waals surface area (Å²) in [5.74, 6) is -3.96. The molecule has 0 saturated carbocycles. The van der Waals surface area contributed by atoms with Crippen molar-refractivity contribution in [3.8, 4) is 5.75 Å². The van der Waals surface area contributed by atoms with E-state index in [2.05, 4.69) is 5.32 Å². The van der Waals surface area contributed by atoms with Gasteiger partial charge in [-0.2, -0.15) is 0 Å². The topological polar surface area (TPSA) is 52.5 Å². The normalized spacial score (nSPS) is 13.7. The van der Waals surface area contributed by atoms with E-state index in [1.54, 1.807) is 0 Å². The predicted molar refractivity (Wildman–Crippen MR) is 56.5 cm³/mol. The molecule has 1 atom stereocenters. The number of rotatable bonds is 5. The molecule has 0 amide bonds. The highest BCUT2D eigenvalue weighted by Gasteiger charge is 2.28. The molecule has 0 aliphatic heterocycles. The molecule has 1 aromatic rings. The van der Waals surface area contributed by atoms with Crippen molar-refractivity contribution in [3.05, 3.63) is 29.6 Å². The number of benzene rings is 1. The van der Waals surface area contributed by atoms with Crippen LogP contribution in [0.4, 0.5) is 13.2 Å². The van der Waals surface area contributed by atoms with Crippen molar-refractivity contribution < 1.29 is 23.4 Å². The summed E-state index contributed by atoms with van der Waals surface area (Å²) in [5.41, 5.74) is 0.193. The van der Waals surface area contributed by atoms with E-state index in [9.17, 15) is 18.3 Å². The van der Waals surface area contributed by atoms with Crippen LogP contribution in [0.5, 0.6) is 5.75 Å². The zero-order valence-electron chi connectivity index (χ0n) is 9.25. The van der Waals surface area contributed by atoms with Crippen molar-refractivity contribution >= 4 is 0 Å². The van der Waals surface area contributed by atoms with Crippen LogP contribution in [-0.2, 0) is 0 Å². The number of nitrogens with one attached hydrogen (secondary N) is 1. The molecule has 96 valence electrons. The van der Waals surface area contributed by atoms with Gasteiger partial charge in [0.1, 0.15) is 18.2 Å². The van der Waals surface area contributed by atoms with Crippen LogP contribution in [-0.4, -0.2) is 29.3 Å².